The van der Waals surface area contributed by atoms with Gasteiger partial charge in [-0.1, -0.05) is 42.5 Å². The molecule has 0 spiro atoms. The second kappa shape index (κ2) is 9.30. The van der Waals surface area contributed by atoms with Crippen LogP contribution in [0.5, 0.6) is 0 Å². The van der Waals surface area contributed by atoms with Crippen LogP contribution in [-0.4, -0.2) is 17.1 Å². The molecule has 0 radical (unpaired) electrons. The molecule has 2 rings (SSSR count). The Kier molecular flexibility index (Phi) is 7.75. The van der Waals surface area contributed by atoms with Gasteiger partial charge in [-0.2, -0.15) is 0 Å². The van der Waals surface area contributed by atoms with E-state index in [9.17, 15) is 9.90 Å². The van der Waals surface area contributed by atoms with Gasteiger partial charge in [-0.05, 0) is 36.6 Å². The first kappa shape index (κ1) is 19.2. The van der Waals surface area contributed by atoms with Gasteiger partial charge >= 0.3 is 0 Å². The number of carbonyl (C=O) groups excluding carboxylic acids is 1. The van der Waals surface area contributed by atoms with Gasteiger partial charge in [0.1, 0.15) is 0 Å². The lowest BCUT2D eigenvalue weighted by Crippen LogP contribution is -2.33. The maximum absolute atomic E-state index is 12.1. The van der Waals surface area contributed by atoms with E-state index in [1.807, 2.05) is 49.4 Å². The fraction of sp³-hybridized carbons (Fsp3) is 0.278. The molecule has 0 aliphatic rings. The zero-order chi connectivity index (χ0) is 15.9. The summed E-state index contributed by atoms with van der Waals surface area (Å²) in [4.78, 5) is 12.1. The predicted molar refractivity (Wildman–Crippen MR) is 94.5 cm³/mol. The van der Waals surface area contributed by atoms with Crippen molar-refractivity contribution < 1.29 is 9.90 Å². The highest BCUT2D eigenvalue weighted by atomic mass is 35.5. The number of halogens is 1. The molecule has 5 heteroatoms. The largest absolute Gasteiger partial charge is 0.388 e. The molecular weight excluding hydrogens is 312 g/mol. The van der Waals surface area contributed by atoms with E-state index in [4.69, 9.17) is 5.73 Å². The number of nitrogens with one attached hydrogen (secondary N) is 1. The molecule has 23 heavy (non-hydrogen) atoms. The Morgan fingerprint density at radius 1 is 1.13 bits per heavy atom. The first-order valence-corrected chi connectivity index (χ1v) is 7.43. The van der Waals surface area contributed by atoms with Crippen molar-refractivity contribution in [2.75, 3.05) is 0 Å². The van der Waals surface area contributed by atoms with Gasteiger partial charge in [0, 0.05) is 18.2 Å². The first-order chi connectivity index (χ1) is 10.6. The highest BCUT2D eigenvalue weighted by Crippen LogP contribution is 2.17. The monoisotopic (exact) mass is 334 g/mol. The van der Waals surface area contributed by atoms with Crippen molar-refractivity contribution in [3.8, 4) is 0 Å². The van der Waals surface area contributed by atoms with Gasteiger partial charge in [-0.15, -0.1) is 12.4 Å². The second-order valence-corrected chi connectivity index (χ2v) is 5.44. The molecule has 2 aromatic rings. The topological polar surface area (TPSA) is 75.3 Å². The van der Waals surface area contributed by atoms with Gasteiger partial charge < -0.3 is 16.2 Å². The van der Waals surface area contributed by atoms with E-state index < -0.39 is 6.10 Å². The highest BCUT2D eigenvalue weighted by molar-refractivity contribution is 5.94. The molecule has 124 valence electrons. The van der Waals surface area contributed by atoms with Gasteiger partial charge in [0.2, 0.25) is 0 Å². The number of nitrogens with two attached hydrogens (primary N) is 1. The summed E-state index contributed by atoms with van der Waals surface area (Å²) < 4.78 is 0. The van der Waals surface area contributed by atoms with E-state index in [1.165, 1.54) is 0 Å². The molecule has 0 heterocycles. The van der Waals surface area contributed by atoms with Gasteiger partial charge in [-0.25, -0.2) is 0 Å². The standard InChI is InChI=1S/C18H22N2O2.ClH/c1-13(11-17(21)15-5-3-2-4-6-15)20-18(22)16-9-7-14(12-19)8-10-16;/h2-10,13,17,21H,11-12,19H2,1H3,(H,20,22);1H. The summed E-state index contributed by atoms with van der Waals surface area (Å²) in [6, 6.07) is 16.5. The molecule has 2 unspecified atom stereocenters. The van der Waals surface area contributed by atoms with E-state index in [0.717, 1.165) is 11.1 Å². The second-order valence-electron chi connectivity index (χ2n) is 5.44. The molecule has 0 aliphatic heterocycles. The van der Waals surface area contributed by atoms with Crippen LogP contribution in [0.4, 0.5) is 0 Å². The Morgan fingerprint density at radius 3 is 2.30 bits per heavy atom. The summed E-state index contributed by atoms with van der Waals surface area (Å²) in [6.45, 7) is 2.35. The maximum Gasteiger partial charge on any atom is 0.251 e. The third-order valence-electron chi connectivity index (χ3n) is 3.59. The molecule has 4 N–H and O–H groups in total. The Hall–Kier alpha value is -1.88. The number of carbonyl (C=O) groups is 1. The molecule has 0 saturated carbocycles. The average Bonchev–Trinajstić information content (AvgIpc) is 2.55. The summed E-state index contributed by atoms with van der Waals surface area (Å²) >= 11 is 0. The highest BCUT2D eigenvalue weighted by Gasteiger charge is 2.15. The Morgan fingerprint density at radius 2 is 1.74 bits per heavy atom. The lowest BCUT2D eigenvalue weighted by Gasteiger charge is -2.18. The average molecular weight is 335 g/mol. The van der Waals surface area contributed by atoms with Crippen molar-refractivity contribution in [1.82, 2.24) is 5.32 Å². The fourth-order valence-corrected chi connectivity index (χ4v) is 2.30. The summed E-state index contributed by atoms with van der Waals surface area (Å²) in [6.07, 6.45) is -0.118. The summed E-state index contributed by atoms with van der Waals surface area (Å²) in [5.41, 5.74) is 7.98. The maximum atomic E-state index is 12.1. The summed E-state index contributed by atoms with van der Waals surface area (Å²) in [5.74, 6) is -0.142. The molecule has 2 aromatic carbocycles. The number of benzene rings is 2. The number of aliphatic hydroxyl groups excluding tert-OH is 1. The Bertz CT molecular complexity index is 602. The quantitative estimate of drug-likeness (QED) is 0.760. The van der Waals surface area contributed by atoms with E-state index in [0.29, 0.717) is 18.5 Å². The van der Waals surface area contributed by atoms with Crippen LogP contribution in [0.1, 0.15) is 40.9 Å². The summed E-state index contributed by atoms with van der Waals surface area (Å²) in [5, 5.41) is 13.1. The van der Waals surface area contributed by atoms with Crippen LogP contribution in [0, 0.1) is 0 Å². The molecule has 2 atom stereocenters. The molecule has 0 aromatic heterocycles. The molecule has 4 nitrogen and oxygen atoms in total. The minimum absolute atomic E-state index is 0. The van der Waals surface area contributed by atoms with Crippen molar-refractivity contribution in [3.63, 3.8) is 0 Å². The van der Waals surface area contributed by atoms with Gasteiger partial charge in [0.05, 0.1) is 6.10 Å². The number of amides is 1. The fourth-order valence-electron chi connectivity index (χ4n) is 2.30. The lowest BCUT2D eigenvalue weighted by molar-refractivity contribution is 0.0917. The van der Waals surface area contributed by atoms with Crippen LogP contribution >= 0.6 is 12.4 Å². The van der Waals surface area contributed by atoms with Crippen LogP contribution < -0.4 is 11.1 Å². The smallest absolute Gasteiger partial charge is 0.251 e. The minimum Gasteiger partial charge on any atom is -0.388 e. The van der Waals surface area contributed by atoms with E-state index in [2.05, 4.69) is 5.32 Å². The van der Waals surface area contributed by atoms with Crippen molar-refractivity contribution >= 4 is 18.3 Å². The van der Waals surface area contributed by atoms with E-state index in [1.54, 1.807) is 12.1 Å². The Balaban J connectivity index is 0.00000264. The SMILES string of the molecule is CC(CC(O)c1ccccc1)NC(=O)c1ccc(CN)cc1.Cl. The number of aliphatic hydroxyl groups is 1. The van der Waals surface area contributed by atoms with Crippen LogP contribution in [0.2, 0.25) is 0 Å². The van der Waals surface area contributed by atoms with Gasteiger partial charge in [0.15, 0.2) is 0 Å². The summed E-state index contributed by atoms with van der Waals surface area (Å²) in [7, 11) is 0. The molecular formula is C18H23ClN2O2. The van der Waals surface area contributed by atoms with Crippen LogP contribution in [-0.2, 0) is 6.54 Å². The van der Waals surface area contributed by atoms with Crippen molar-refractivity contribution in [2.45, 2.75) is 32.0 Å². The van der Waals surface area contributed by atoms with E-state index >= 15 is 0 Å². The van der Waals surface area contributed by atoms with Gasteiger partial charge in [-0.3, -0.25) is 4.79 Å². The van der Waals surface area contributed by atoms with Crippen molar-refractivity contribution in [2.24, 2.45) is 5.73 Å². The first-order valence-electron chi connectivity index (χ1n) is 7.43. The normalized spacial score (nSPS) is 12.8. The van der Waals surface area contributed by atoms with E-state index in [-0.39, 0.29) is 24.4 Å². The zero-order valence-corrected chi connectivity index (χ0v) is 13.9. The van der Waals surface area contributed by atoms with Crippen molar-refractivity contribution in [1.29, 1.82) is 0 Å². The Labute approximate surface area is 143 Å². The molecule has 0 saturated heterocycles. The zero-order valence-electron chi connectivity index (χ0n) is 13.1. The molecule has 0 fully saturated rings. The van der Waals surface area contributed by atoms with Crippen LogP contribution in [0.3, 0.4) is 0 Å². The predicted octanol–water partition coefficient (Wildman–Crippen LogP) is 2.81. The number of hydrogen-bond donors (Lipinski definition) is 3. The van der Waals surface area contributed by atoms with Crippen LogP contribution in [0.25, 0.3) is 0 Å². The molecule has 0 aliphatic carbocycles. The molecule has 0 bridgehead atoms. The van der Waals surface area contributed by atoms with Crippen LogP contribution in [0.15, 0.2) is 54.6 Å². The van der Waals surface area contributed by atoms with Crippen molar-refractivity contribution in [3.05, 3.63) is 71.3 Å². The number of hydrogen-bond acceptors (Lipinski definition) is 3. The minimum atomic E-state index is -0.587. The number of rotatable bonds is 6. The molecule has 1 amide bonds. The third-order valence-corrected chi connectivity index (χ3v) is 3.59. The van der Waals surface area contributed by atoms with Gasteiger partial charge in [0.25, 0.3) is 5.91 Å². The third kappa shape index (κ3) is 5.67. The lowest BCUT2D eigenvalue weighted by atomic mass is 10.0.